The lowest BCUT2D eigenvalue weighted by Crippen LogP contribution is -2.30. The van der Waals surface area contributed by atoms with E-state index in [9.17, 15) is 43.5 Å². The Balaban J connectivity index is 4.57. The fraction of sp³-hybridized carbons (Fsp3) is 0.642. The molecular formula is C81H134O16P2. The summed E-state index contributed by atoms with van der Waals surface area (Å²) in [5.74, 6) is -1.65. The summed E-state index contributed by atoms with van der Waals surface area (Å²) in [5, 5.41) is 20.6. The Hall–Kier alpha value is -4.83. The van der Waals surface area contributed by atoms with E-state index >= 15 is 0 Å². The lowest BCUT2D eigenvalue weighted by atomic mass is 10.1. The van der Waals surface area contributed by atoms with Crippen molar-refractivity contribution in [3.05, 3.63) is 158 Å². The van der Waals surface area contributed by atoms with Gasteiger partial charge in [0.15, 0.2) is 6.10 Å². The molecule has 0 aromatic heterocycles. The molecule has 0 aliphatic carbocycles. The Morgan fingerprint density at radius 1 is 0.293 bits per heavy atom. The molecule has 4 N–H and O–H groups in total. The average Bonchev–Trinajstić information content (AvgIpc) is 1.36. The fourth-order valence-corrected chi connectivity index (χ4v) is 11.1. The summed E-state index contributed by atoms with van der Waals surface area (Å²) in [6, 6.07) is 0. The van der Waals surface area contributed by atoms with Crippen LogP contribution < -0.4 is 0 Å². The van der Waals surface area contributed by atoms with Gasteiger partial charge < -0.3 is 34.2 Å². The molecule has 0 fully saturated rings. The zero-order chi connectivity index (χ0) is 72.3. The first-order valence-electron chi connectivity index (χ1n) is 37.8. The lowest BCUT2D eigenvalue weighted by Gasteiger charge is -2.21. The molecule has 0 spiro atoms. The van der Waals surface area contributed by atoms with Crippen LogP contribution in [-0.2, 0) is 55.8 Å². The molecule has 18 heteroatoms. The van der Waals surface area contributed by atoms with Crippen molar-refractivity contribution in [2.24, 2.45) is 0 Å². The number of hydrogen-bond acceptors (Lipinski definition) is 14. The van der Waals surface area contributed by atoms with Crippen molar-refractivity contribution in [3.63, 3.8) is 0 Å². The predicted molar refractivity (Wildman–Crippen MR) is 408 cm³/mol. The minimum absolute atomic E-state index is 0.0802. The van der Waals surface area contributed by atoms with E-state index in [0.717, 1.165) is 161 Å². The van der Waals surface area contributed by atoms with Gasteiger partial charge in [-0.15, -0.1) is 0 Å². The van der Waals surface area contributed by atoms with E-state index in [1.54, 1.807) is 0 Å². The molecule has 0 aliphatic heterocycles. The molecule has 0 heterocycles. The molecule has 99 heavy (non-hydrogen) atoms. The normalized spacial score (nSPS) is 14.9. The van der Waals surface area contributed by atoms with Crippen LogP contribution in [-0.4, -0.2) is 95.9 Å². The number of hydrogen-bond donors (Lipinski definition) is 4. The number of carbonyl (C=O) groups excluding carboxylic acids is 3. The van der Waals surface area contributed by atoms with Gasteiger partial charge in [0.05, 0.1) is 26.4 Å². The minimum atomic E-state index is -4.94. The molecule has 5 unspecified atom stereocenters. The van der Waals surface area contributed by atoms with E-state index < -0.39 is 91.5 Å². The first-order valence-corrected chi connectivity index (χ1v) is 40.8. The van der Waals surface area contributed by atoms with E-state index in [2.05, 4.69) is 179 Å². The molecule has 5 atom stereocenters. The van der Waals surface area contributed by atoms with Gasteiger partial charge >= 0.3 is 33.6 Å². The van der Waals surface area contributed by atoms with E-state index in [1.165, 1.54) is 57.8 Å². The number of aliphatic hydroxyl groups is 2. The second kappa shape index (κ2) is 72.9. The number of rotatable bonds is 70. The summed E-state index contributed by atoms with van der Waals surface area (Å²) in [4.78, 5) is 58.5. The molecule has 0 aliphatic rings. The molecule has 0 amide bonds. The molecule has 0 rings (SSSR count). The number of unbranched alkanes of at least 4 members (excludes halogenated alkanes) is 21. The Morgan fingerprint density at radius 3 is 0.879 bits per heavy atom. The summed E-state index contributed by atoms with van der Waals surface area (Å²) in [5.41, 5.74) is 0. The van der Waals surface area contributed by atoms with Gasteiger partial charge in [-0.25, -0.2) is 9.13 Å². The maximum absolute atomic E-state index is 12.9. The third-order valence-corrected chi connectivity index (χ3v) is 17.1. The Kier molecular flexibility index (Phi) is 69.4. The van der Waals surface area contributed by atoms with Crippen molar-refractivity contribution in [2.75, 3.05) is 39.6 Å². The second-order valence-electron chi connectivity index (χ2n) is 24.7. The zero-order valence-electron chi connectivity index (χ0n) is 61.4. The van der Waals surface area contributed by atoms with Crippen molar-refractivity contribution in [1.82, 2.24) is 0 Å². The highest BCUT2D eigenvalue weighted by atomic mass is 31.2. The number of ether oxygens (including phenoxy) is 3. The molecule has 0 saturated heterocycles. The molecule has 564 valence electrons. The zero-order valence-corrected chi connectivity index (χ0v) is 63.1. The topological polar surface area (TPSA) is 231 Å². The third-order valence-electron chi connectivity index (χ3n) is 15.2. The minimum Gasteiger partial charge on any atom is -0.463 e. The highest BCUT2D eigenvalue weighted by Crippen LogP contribution is 2.45. The molecular weight excluding hydrogens is 1290 g/mol. The van der Waals surface area contributed by atoms with Gasteiger partial charge in [0.2, 0.25) is 0 Å². The second-order valence-corrected chi connectivity index (χ2v) is 27.6. The Bertz CT molecular complexity index is 2430. The fourth-order valence-electron chi connectivity index (χ4n) is 9.51. The first kappa shape index (κ1) is 94.2. The van der Waals surface area contributed by atoms with Crippen LogP contribution in [0.4, 0.5) is 0 Å². The number of phosphoric acid groups is 2. The molecule has 0 bridgehead atoms. The maximum atomic E-state index is 12.9. The summed E-state index contributed by atoms with van der Waals surface area (Å²) in [7, 11) is -9.81. The van der Waals surface area contributed by atoms with E-state index in [0.29, 0.717) is 19.3 Å². The summed E-state index contributed by atoms with van der Waals surface area (Å²) in [6.07, 6.45) is 90.1. The van der Waals surface area contributed by atoms with Crippen molar-refractivity contribution >= 4 is 33.6 Å². The Labute approximate surface area is 600 Å². The summed E-state index contributed by atoms with van der Waals surface area (Å²) < 4.78 is 61.0. The van der Waals surface area contributed by atoms with Crippen LogP contribution in [0, 0.1) is 0 Å². The van der Waals surface area contributed by atoms with Crippen LogP contribution in [0.25, 0.3) is 0 Å². The van der Waals surface area contributed by atoms with Crippen molar-refractivity contribution < 1.29 is 75.8 Å². The van der Waals surface area contributed by atoms with Gasteiger partial charge in [-0.1, -0.05) is 269 Å². The van der Waals surface area contributed by atoms with Gasteiger partial charge in [-0.2, -0.15) is 0 Å². The van der Waals surface area contributed by atoms with Crippen molar-refractivity contribution in [3.8, 4) is 0 Å². The largest absolute Gasteiger partial charge is 0.472 e. The monoisotopic (exact) mass is 1420 g/mol. The molecule has 0 saturated carbocycles. The lowest BCUT2D eigenvalue weighted by molar-refractivity contribution is -0.161. The van der Waals surface area contributed by atoms with E-state index in [4.69, 9.17) is 32.3 Å². The molecule has 0 aromatic carbocycles. The van der Waals surface area contributed by atoms with Gasteiger partial charge in [0, 0.05) is 19.3 Å². The third kappa shape index (κ3) is 74.2. The SMILES string of the molecule is CC/C=C\C/C=C\C/C=C\C/C=C\C/C=C\C/C=C\CCCCCCCCCCCCC(=O)OCC(O)COP(=O)(O)OCC(O)COP(=O)(O)OCC(COC(=O)CCCC/C=C\C/C=C\C/C=C\C/C=C\C/C=C\C/C=C\CC)OC(=O)CCCCCCC/C=C\CCCCCC. The Morgan fingerprint density at radius 2 is 0.535 bits per heavy atom. The predicted octanol–water partition coefficient (Wildman–Crippen LogP) is 21.9. The maximum Gasteiger partial charge on any atom is 0.472 e. The number of phosphoric ester groups is 2. The molecule has 16 nitrogen and oxygen atoms in total. The van der Waals surface area contributed by atoms with Gasteiger partial charge in [0.25, 0.3) is 0 Å². The highest BCUT2D eigenvalue weighted by Gasteiger charge is 2.29. The first-order chi connectivity index (χ1) is 48.2. The number of allylic oxidation sites excluding steroid dienone is 26. The standard InChI is InChI=1S/C81H134O16P2/c1-4-7-10-13-16-19-22-25-27-29-31-33-34-35-36-37-38-39-40-42-44-45-47-50-52-55-58-61-64-67-79(84)91-70-76(82)71-93-98(87,88)94-72-77(83)73-95-99(89,90)96-75-78(97-81(86)69-66-63-60-57-54-49-24-21-18-15-12-9-6-3)74-92-80(85)68-65-62-59-56-53-51-48-46-43-41-32-30-28-26-23-20-17-14-11-8-5-2/h7-8,10-11,16-17,19-21,24-28,31-33,35-36,38-39,41,46,48,53,56,76-78,82-83H,4-6,9,12-15,18,22-23,29-30,34,37,40,42-45,47,49-52,54-55,57-75H2,1-3H3,(H,87,88)(H,89,90)/b10-7-,11-8-,19-16-,20-17-,24-21-,27-25-,28-26-,33-31-,36-35-,39-38-,41-32-,48-46-,56-53-. The van der Waals surface area contributed by atoms with Crippen LogP contribution >= 0.6 is 15.6 Å². The van der Waals surface area contributed by atoms with Crippen LogP contribution in [0.5, 0.6) is 0 Å². The van der Waals surface area contributed by atoms with Gasteiger partial charge in [-0.3, -0.25) is 32.5 Å². The van der Waals surface area contributed by atoms with Crippen molar-refractivity contribution in [1.29, 1.82) is 0 Å². The van der Waals surface area contributed by atoms with Crippen LogP contribution in [0.3, 0.4) is 0 Å². The van der Waals surface area contributed by atoms with E-state index in [-0.39, 0.29) is 19.3 Å². The average molecular weight is 1430 g/mol. The summed E-state index contributed by atoms with van der Waals surface area (Å²) in [6.45, 7) is 2.35. The van der Waals surface area contributed by atoms with Gasteiger partial charge in [-0.05, 0) is 148 Å². The molecule has 0 aromatic rings. The summed E-state index contributed by atoms with van der Waals surface area (Å²) >= 11 is 0. The van der Waals surface area contributed by atoms with Crippen LogP contribution in [0.1, 0.15) is 278 Å². The number of carbonyl (C=O) groups is 3. The van der Waals surface area contributed by atoms with Crippen molar-refractivity contribution in [2.45, 2.75) is 296 Å². The quantitative estimate of drug-likeness (QED) is 0.0146. The number of esters is 3. The highest BCUT2D eigenvalue weighted by molar-refractivity contribution is 7.47. The van der Waals surface area contributed by atoms with Crippen LogP contribution in [0.15, 0.2) is 158 Å². The van der Waals surface area contributed by atoms with Crippen LogP contribution in [0.2, 0.25) is 0 Å². The molecule has 0 radical (unpaired) electrons. The van der Waals surface area contributed by atoms with E-state index in [1.807, 2.05) is 0 Å². The smallest absolute Gasteiger partial charge is 0.463 e. The van der Waals surface area contributed by atoms with Gasteiger partial charge in [0.1, 0.15) is 25.4 Å². The number of aliphatic hydroxyl groups excluding tert-OH is 2.